The molecule has 41 heavy (non-hydrogen) atoms. The molecule has 2 N–H and O–H groups in total. The highest BCUT2D eigenvalue weighted by molar-refractivity contribution is 7.80. The van der Waals surface area contributed by atoms with Crippen LogP contribution in [0.5, 0.6) is 5.75 Å². The number of carbonyl (C=O) groups is 1. The maximum atomic E-state index is 13.1. The van der Waals surface area contributed by atoms with Crippen molar-refractivity contribution in [1.29, 1.82) is 0 Å². The predicted molar refractivity (Wildman–Crippen MR) is 168 cm³/mol. The molecule has 0 radical (unpaired) electrons. The van der Waals surface area contributed by atoms with Gasteiger partial charge in [-0.1, -0.05) is 42.8 Å². The van der Waals surface area contributed by atoms with Crippen molar-refractivity contribution in [2.75, 3.05) is 19.0 Å². The molecule has 1 fully saturated rings. The number of ether oxygens (including phenoxy) is 1. The number of benzene rings is 2. The number of nitrogens with zero attached hydrogens (tertiary/aromatic N) is 3. The molecule has 0 saturated carbocycles. The Morgan fingerprint density at radius 1 is 1.12 bits per heavy atom. The van der Waals surface area contributed by atoms with Crippen LogP contribution in [0.25, 0.3) is 5.69 Å². The van der Waals surface area contributed by atoms with Crippen molar-refractivity contribution in [3.8, 4) is 11.4 Å². The Balaban J connectivity index is 1.50. The molecule has 0 aliphatic carbocycles. The number of carbonyl (C=O) groups excluding carboxylic acids is 1. The molecule has 2 atom stereocenters. The van der Waals surface area contributed by atoms with Crippen LogP contribution in [0.2, 0.25) is 5.02 Å². The van der Waals surface area contributed by atoms with Crippen LogP contribution in [0.4, 0.5) is 5.69 Å². The van der Waals surface area contributed by atoms with E-state index in [1.807, 2.05) is 60.7 Å². The molecule has 2 aromatic carbocycles. The van der Waals surface area contributed by atoms with E-state index >= 15 is 0 Å². The fraction of sp³-hybridized carbons (Fsp3) is 0.281. The first kappa shape index (κ1) is 28.6. The summed E-state index contributed by atoms with van der Waals surface area (Å²) in [6.45, 7) is 6.68. The summed E-state index contributed by atoms with van der Waals surface area (Å²) in [7, 11) is 1.66. The van der Waals surface area contributed by atoms with Crippen LogP contribution < -0.4 is 15.4 Å². The highest BCUT2D eigenvalue weighted by Gasteiger charge is 2.41. The third kappa shape index (κ3) is 5.80. The van der Waals surface area contributed by atoms with E-state index in [4.69, 9.17) is 28.6 Å². The second-order valence-corrected chi connectivity index (χ2v) is 10.9. The van der Waals surface area contributed by atoms with Crippen LogP contribution in [0.15, 0.2) is 72.9 Å². The van der Waals surface area contributed by atoms with Crippen LogP contribution in [-0.4, -0.2) is 39.1 Å². The van der Waals surface area contributed by atoms with Crippen LogP contribution in [0, 0.1) is 13.8 Å². The van der Waals surface area contributed by atoms with E-state index < -0.39 is 0 Å². The molecule has 3 heterocycles. The second kappa shape index (κ2) is 12.3. The number of halogens is 1. The summed E-state index contributed by atoms with van der Waals surface area (Å²) in [4.78, 5) is 19.9. The summed E-state index contributed by atoms with van der Waals surface area (Å²) in [6.07, 6.45) is 2.92. The molecule has 9 heteroatoms. The molecule has 7 nitrogen and oxygen atoms in total. The molecule has 1 aliphatic rings. The molecule has 212 valence electrons. The number of anilines is 1. The van der Waals surface area contributed by atoms with Gasteiger partial charge in [0.1, 0.15) is 5.75 Å². The molecule has 0 spiro atoms. The van der Waals surface area contributed by atoms with E-state index in [0.29, 0.717) is 16.7 Å². The number of amides is 1. The minimum absolute atomic E-state index is 0.0529. The normalized spacial score (nSPS) is 16.5. The Bertz CT molecular complexity index is 1570. The van der Waals surface area contributed by atoms with Crippen LogP contribution in [0.1, 0.15) is 53.6 Å². The van der Waals surface area contributed by atoms with Crippen molar-refractivity contribution in [3.63, 3.8) is 0 Å². The van der Waals surface area contributed by atoms with Crippen molar-refractivity contribution in [2.45, 2.75) is 45.7 Å². The van der Waals surface area contributed by atoms with Gasteiger partial charge in [0.25, 0.3) is 0 Å². The fourth-order valence-electron chi connectivity index (χ4n) is 5.67. The Morgan fingerprint density at radius 2 is 1.90 bits per heavy atom. The fourth-order valence-corrected chi connectivity index (χ4v) is 6.16. The SMILES string of the molecule is CCc1ccccc1NC(=O)CCN1C(=S)N[C@@H](c2ccccn2)[C@H]1c1cc(C)n(-c2cc(Cl)ccc2OC)c1C. The van der Waals surface area contributed by atoms with Gasteiger partial charge in [-0.2, -0.15) is 0 Å². The van der Waals surface area contributed by atoms with Gasteiger partial charge in [0, 0.05) is 41.3 Å². The lowest BCUT2D eigenvalue weighted by Gasteiger charge is -2.28. The number of nitrogens with one attached hydrogen (secondary N) is 2. The van der Waals surface area contributed by atoms with Crippen LogP contribution >= 0.6 is 23.8 Å². The Morgan fingerprint density at radius 3 is 2.63 bits per heavy atom. The standard InChI is InChI=1S/C32H34ClN5O2S/c1-5-22-10-6-7-11-25(22)35-29(39)15-17-37-31(30(36-32(37)41)26-12-8-9-16-34-26)24-18-20(2)38(21(24)3)27-19-23(33)13-14-28(27)40-4/h6-14,16,18-19,30-31H,5,15,17H2,1-4H3,(H,35,39)(H,36,41)/t30-,31+/m0/s1. The maximum Gasteiger partial charge on any atom is 0.226 e. The summed E-state index contributed by atoms with van der Waals surface area (Å²) < 4.78 is 7.84. The zero-order valence-electron chi connectivity index (χ0n) is 23.6. The minimum atomic E-state index is -0.192. The highest BCUT2D eigenvalue weighted by atomic mass is 35.5. The van der Waals surface area contributed by atoms with Gasteiger partial charge in [-0.25, -0.2) is 0 Å². The van der Waals surface area contributed by atoms with E-state index in [2.05, 4.69) is 51.9 Å². The number of para-hydroxylation sites is 1. The third-order valence-electron chi connectivity index (χ3n) is 7.62. The van der Waals surface area contributed by atoms with E-state index in [-0.39, 0.29) is 24.4 Å². The predicted octanol–water partition coefficient (Wildman–Crippen LogP) is 6.71. The second-order valence-electron chi connectivity index (χ2n) is 10.1. The van der Waals surface area contributed by atoms with Crippen molar-refractivity contribution in [3.05, 3.63) is 106 Å². The van der Waals surface area contributed by atoms with Gasteiger partial charge in [0.15, 0.2) is 5.11 Å². The summed E-state index contributed by atoms with van der Waals surface area (Å²) in [5.74, 6) is 0.674. The van der Waals surface area contributed by atoms with Crippen molar-refractivity contribution < 1.29 is 9.53 Å². The Kier molecular flexibility index (Phi) is 8.61. The van der Waals surface area contributed by atoms with Crippen molar-refractivity contribution >= 4 is 40.5 Å². The molecule has 5 rings (SSSR count). The molecule has 1 amide bonds. The monoisotopic (exact) mass is 587 g/mol. The molecular weight excluding hydrogens is 554 g/mol. The number of methoxy groups -OCH3 is 1. The van der Waals surface area contributed by atoms with E-state index in [1.165, 1.54) is 0 Å². The van der Waals surface area contributed by atoms with Crippen molar-refractivity contribution in [1.82, 2.24) is 19.8 Å². The van der Waals surface area contributed by atoms with Gasteiger partial charge in [-0.3, -0.25) is 9.78 Å². The lowest BCUT2D eigenvalue weighted by Crippen LogP contribution is -2.33. The number of hydrogen-bond donors (Lipinski definition) is 2. The molecule has 0 unspecified atom stereocenters. The zero-order valence-corrected chi connectivity index (χ0v) is 25.2. The molecule has 0 bridgehead atoms. The summed E-state index contributed by atoms with van der Waals surface area (Å²) in [6, 6.07) is 21.2. The summed E-state index contributed by atoms with van der Waals surface area (Å²) in [5.41, 5.74) is 6.86. The number of pyridine rings is 1. The Hall–Kier alpha value is -3.88. The third-order valence-corrected chi connectivity index (χ3v) is 8.21. The molecule has 1 aliphatic heterocycles. The van der Waals surface area contributed by atoms with Gasteiger partial charge in [-0.05, 0) is 86.1 Å². The lowest BCUT2D eigenvalue weighted by atomic mass is 9.96. The minimum Gasteiger partial charge on any atom is -0.495 e. The van der Waals surface area contributed by atoms with Gasteiger partial charge < -0.3 is 24.8 Å². The zero-order chi connectivity index (χ0) is 29.1. The smallest absolute Gasteiger partial charge is 0.226 e. The number of aromatic nitrogens is 2. The van der Waals surface area contributed by atoms with E-state index in [9.17, 15) is 4.79 Å². The number of thiocarbonyl (C=S) groups is 1. The van der Waals surface area contributed by atoms with Gasteiger partial charge in [0.05, 0.1) is 30.6 Å². The first-order valence-electron chi connectivity index (χ1n) is 13.7. The van der Waals surface area contributed by atoms with Crippen molar-refractivity contribution in [2.24, 2.45) is 0 Å². The average Bonchev–Trinajstić information content (AvgIpc) is 3.46. The van der Waals surface area contributed by atoms with Gasteiger partial charge in [-0.15, -0.1) is 0 Å². The number of rotatable bonds is 9. The van der Waals surface area contributed by atoms with Crippen LogP contribution in [-0.2, 0) is 11.2 Å². The van der Waals surface area contributed by atoms with Gasteiger partial charge >= 0.3 is 0 Å². The first-order valence-corrected chi connectivity index (χ1v) is 14.5. The summed E-state index contributed by atoms with van der Waals surface area (Å²) in [5, 5.41) is 7.81. The van der Waals surface area contributed by atoms with Crippen LogP contribution in [0.3, 0.4) is 0 Å². The molecular formula is C32H34ClN5O2S. The quantitative estimate of drug-likeness (QED) is 0.212. The average molecular weight is 588 g/mol. The topological polar surface area (TPSA) is 71.4 Å². The van der Waals surface area contributed by atoms with E-state index in [0.717, 1.165) is 51.8 Å². The molecule has 2 aromatic heterocycles. The Labute approximate surface area is 251 Å². The van der Waals surface area contributed by atoms with E-state index in [1.54, 1.807) is 13.3 Å². The molecule has 4 aromatic rings. The lowest BCUT2D eigenvalue weighted by molar-refractivity contribution is -0.116. The summed E-state index contributed by atoms with van der Waals surface area (Å²) >= 11 is 12.3. The number of aryl methyl sites for hydroxylation is 2. The first-order chi connectivity index (χ1) is 19.8. The van der Waals surface area contributed by atoms with Gasteiger partial charge in [0.2, 0.25) is 5.91 Å². The molecule has 1 saturated heterocycles. The number of hydrogen-bond acceptors (Lipinski definition) is 4. The highest BCUT2D eigenvalue weighted by Crippen LogP contribution is 2.42. The maximum absolute atomic E-state index is 13.1. The largest absolute Gasteiger partial charge is 0.495 e.